The van der Waals surface area contributed by atoms with Crippen LogP contribution in [0, 0.1) is 11.3 Å². The minimum absolute atomic E-state index is 0.230. The van der Waals surface area contributed by atoms with Crippen molar-refractivity contribution in [1.29, 1.82) is 5.26 Å². The van der Waals surface area contributed by atoms with Crippen LogP contribution in [0.2, 0.25) is 0 Å². The van der Waals surface area contributed by atoms with Crippen molar-refractivity contribution in [3.05, 3.63) is 16.1 Å². The van der Waals surface area contributed by atoms with E-state index in [-0.39, 0.29) is 6.42 Å². The maximum Gasteiger partial charge on any atom is 0.169 e. The monoisotopic (exact) mass is 297 g/mol. The third kappa shape index (κ3) is 2.32. The summed E-state index contributed by atoms with van der Waals surface area (Å²) in [4.78, 5) is 0. The average molecular weight is 298 g/mol. The van der Waals surface area contributed by atoms with Crippen molar-refractivity contribution in [1.82, 2.24) is 0 Å². The van der Waals surface area contributed by atoms with Crippen LogP contribution in [0.25, 0.3) is 0 Å². The Morgan fingerprint density at radius 3 is 2.94 bits per heavy atom. The summed E-state index contributed by atoms with van der Waals surface area (Å²) in [5, 5.41) is 8.89. The van der Waals surface area contributed by atoms with Crippen LogP contribution < -0.4 is 14.2 Å². The molecule has 0 unspecified atom stereocenters. The van der Waals surface area contributed by atoms with E-state index in [2.05, 4.69) is 22.0 Å². The first-order chi connectivity index (χ1) is 8.27. The number of ether oxygens (including phenoxy) is 3. The van der Waals surface area contributed by atoms with Crippen LogP contribution in [-0.2, 0) is 6.42 Å². The highest BCUT2D eigenvalue weighted by Crippen LogP contribution is 2.44. The van der Waals surface area contributed by atoms with Gasteiger partial charge in [0.05, 0.1) is 42.8 Å². The van der Waals surface area contributed by atoms with Gasteiger partial charge in [0.2, 0.25) is 0 Å². The minimum Gasteiger partial charge on any atom is -0.495 e. The van der Waals surface area contributed by atoms with Gasteiger partial charge >= 0.3 is 0 Å². The van der Waals surface area contributed by atoms with E-state index < -0.39 is 0 Å². The van der Waals surface area contributed by atoms with E-state index in [0.717, 1.165) is 16.5 Å². The van der Waals surface area contributed by atoms with E-state index in [4.69, 9.17) is 19.5 Å². The van der Waals surface area contributed by atoms with E-state index >= 15 is 0 Å². The van der Waals surface area contributed by atoms with Gasteiger partial charge in [0.25, 0.3) is 0 Å². The number of nitrogens with zero attached hydrogens (tertiary/aromatic N) is 1. The van der Waals surface area contributed by atoms with Crippen molar-refractivity contribution in [2.75, 3.05) is 20.3 Å². The fourth-order valence-corrected chi connectivity index (χ4v) is 2.39. The van der Waals surface area contributed by atoms with Gasteiger partial charge in [-0.05, 0) is 15.9 Å². The molecule has 1 aliphatic rings. The SMILES string of the molecule is COc1c(Br)cc2c(c1CC#N)OCCCO2. The normalized spacial score (nSPS) is 13.7. The van der Waals surface area contributed by atoms with Gasteiger partial charge in [0, 0.05) is 12.5 Å². The number of fused-ring (bicyclic) bond motifs is 1. The molecule has 5 heteroatoms. The highest BCUT2D eigenvalue weighted by atomic mass is 79.9. The van der Waals surface area contributed by atoms with Crippen molar-refractivity contribution in [3.8, 4) is 23.3 Å². The second kappa shape index (κ2) is 5.28. The number of hydrogen-bond donors (Lipinski definition) is 0. The summed E-state index contributed by atoms with van der Waals surface area (Å²) in [6.07, 6.45) is 1.06. The fraction of sp³-hybridized carbons (Fsp3) is 0.417. The Morgan fingerprint density at radius 1 is 1.47 bits per heavy atom. The summed E-state index contributed by atoms with van der Waals surface area (Å²) in [7, 11) is 1.57. The molecule has 0 bridgehead atoms. The molecule has 0 atom stereocenters. The van der Waals surface area contributed by atoms with E-state index in [1.165, 1.54) is 0 Å². The number of rotatable bonds is 2. The topological polar surface area (TPSA) is 51.5 Å². The second-order valence-electron chi connectivity index (χ2n) is 3.58. The number of benzene rings is 1. The lowest BCUT2D eigenvalue weighted by Crippen LogP contribution is -2.00. The van der Waals surface area contributed by atoms with Crippen molar-refractivity contribution < 1.29 is 14.2 Å². The Labute approximate surface area is 108 Å². The molecule has 1 aromatic rings. The van der Waals surface area contributed by atoms with Crippen LogP contribution in [0.15, 0.2) is 10.5 Å². The van der Waals surface area contributed by atoms with Gasteiger partial charge in [-0.2, -0.15) is 5.26 Å². The molecule has 0 fully saturated rings. The first-order valence-electron chi connectivity index (χ1n) is 5.30. The summed E-state index contributed by atoms with van der Waals surface area (Å²) in [6.45, 7) is 1.22. The molecular formula is C12H12BrNO3. The Kier molecular flexibility index (Phi) is 3.75. The van der Waals surface area contributed by atoms with Gasteiger partial charge in [-0.1, -0.05) is 0 Å². The van der Waals surface area contributed by atoms with E-state index in [1.807, 2.05) is 6.07 Å². The number of hydrogen-bond acceptors (Lipinski definition) is 4. The predicted molar refractivity (Wildman–Crippen MR) is 65.6 cm³/mol. The highest BCUT2D eigenvalue weighted by molar-refractivity contribution is 9.10. The van der Waals surface area contributed by atoms with Gasteiger partial charge in [-0.25, -0.2) is 0 Å². The molecule has 0 aliphatic carbocycles. The van der Waals surface area contributed by atoms with Crippen LogP contribution in [0.1, 0.15) is 12.0 Å². The first-order valence-corrected chi connectivity index (χ1v) is 6.09. The van der Waals surface area contributed by atoms with Crippen LogP contribution in [0.5, 0.6) is 17.2 Å². The molecule has 0 saturated carbocycles. The smallest absolute Gasteiger partial charge is 0.169 e. The summed E-state index contributed by atoms with van der Waals surface area (Å²) >= 11 is 3.41. The quantitative estimate of drug-likeness (QED) is 0.842. The summed E-state index contributed by atoms with van der Waals surface area (Å²) in [5.74, 6) is 1.93. The van der Waals surface area contributed by atoms with Gasteiger partial charge in [0.15, 0.2) is 11.5 Å². The number of nitriles is 1. The lowest BCUT2D eigenvalue weighted by Gasteiger charge is -2.15. The molecular weight excluding hydrogens is 286 g/mol. The molecule has 0 amide bonds. The zero-order chi connectivity index (χ0) is 12.3. The Morgan fingerprint density at radius 2 is 2.24 bits per heavy atom. The van der Waals surface area contributed by atoms with E-state index in [0.29, 0.717) is 30.5 Å². The molecule has 1 heterocycles. The zero-order valence-corrected chi connectivity index (χ0v) is 11.0. The molecule has 2 rings (SSSR count). The van der Waals surface area contributed by atoms with Crippen LogP contribution >= 0.6 is 15.9 Å². The van der Waals surface area contributed by atoms with E-state index in [1.54, 1.807) is 7.11 Å². The van der Waals surface area contributed by atoms with Gasteiger partial charge in [-0.3, -0.25) is 0 Å². The third-order valence-electron chi connectivity index (χ3n) is 2.50. The Bertz CT molecular complexity index is 468. The van der Waals surface area contributed by atoms with Crippen LogP contribution in [0.4, 0.5) is 0 Å². The second-order valence-corrected chi connectivity index (χ2v) is 4.44. The highest BCUT2D eigenvalue weighted by Gasteiger charge is 2.21. The molecule has 0 radical (unpaired) electrons. The molecule has 0 spiro atoms. The van der Waals surface area contributed by atoms with Crippen molar-refractivity contribution in [3.63, 3.8) is 0 Å². The maximum atomic E-state index is 8.89. The molecule has 0 aromatic heterocycles. The first kappa shape index (κ1) is 12.1. The van der Waals surface area contributed by atoms with Gasteiger partial charge in [-0.15, -0.1) is 0 Å². The predicted octanol–water partition coefficient (Wildman–Crippen LogP) is 2.69. The van der Waals surface area contributed by atoms with Crippen molar-refractivity contribution in [2.24, 2.45) is 0 Å². The third-order valence-corrected chi connectivity index (χ3v) is 3.09. The zero-order valence-electron chi connectivity index (χ0n) is 9.46. The van der Waals surface area contributed by atoms with Crippen LogP contribution in [0.3, 0.4) is 0 Å². The van der Waals surface area contributed by atoms with Crippen molar-refractivity contribution >= 4 is 15.9 Å². The number of methoxy groups -OCH3 is 1. The summed E-state index contributed by atoms with van der Waals surface area (Å²) in [6, 6.07) is 3.94. The van der Waals surface area contributed by atoms with Crippen LogP contribution in [-0.4, -0.2) is 20.3 Å². The molecule has 1 aliphatic heterocycles. The molecule has 17 heavy (non-hydrogen) atoms. The van der Waals surface area contributed by atoms with Gasteiger partial charge < -0.3 is 14.2 Å². The lowest BCUT2D eigenvalue weighted by atomic mass is 10.1. The number of halogens is 1. The largest absolute Gasteiger partial charge is 0.495 e. The van der Waals surface area contributed by atoms with E-state index in [9.17, 15) is 0 Å². The Hall–Kier alpha value is -1.41. The molecule has 90 valence electrons. The molecule has 4 nitrogen and oxygen atoms in total. The maximum absolute atomic E-state index is 8.89. The molecule has 1 aromatic carbocycles. The minimum atomic E-state index is 0.230. The summed E-state index contributed by atoms with van der Waals surface area (Å²) < 4.78 is 17.3. The van der Waals surface area contributed by atoms with Crippen molar-refractivity contribution in [2.45, 2.75) is 12.8 Å². The summed E-state index contributed by atoms with van der Waals surface area (Å²) in [5.41, 5.74) is 0.737. The lowest BCUT2D eigenvalue weighted by molar-refractivity contribution is 0.296. The molecule has 0 saturated heterocycles. The fourth-order valence-electron chi connectivity index (χ4n) is 1.78. The molecule has 0 N–H and O–H groups in total. The van der Waals surface area contributed by atoms with Gasteiger partial charge in [0.1, 0.15) is 5.75 Å². The average Bonchev–Trinajstić information content (AvgIpc) is 2.54. The Balaban J connectivity index is 2.58. The standard InChI is InChI=1S/C12H12BrNO3/c1-15-11-8(3-4-14)12-10(7-9(11)13)16-5-2-6-17-12/h7H,2-3,5-6H2,1H3.